The van der Waals surface area contributed by atoms with Gasteiger partial charge in [0.1, 0.15) is 24.7 Å². The van der Waals surface area contributed by atoms with Gasteiger partial charge in [-0.05, 0) is 31.2 Å². The molecule has 1 aliphatic rings. The Bertz CT molecular complexity index is 894. The quantitative estimate of drug-likeness (QED) is 0.433. The van der Waals surface area contributed by atoms with E-state index in [4.69, 9.17) is 14.2 Å². The molecule has 0 bridgehead atoms. The van der Waals surface area contributed by atoms with Crippen LogP contribution in [0.5, 0.6) is 11.5 Å². The lowest BCUT2D eigenvalue weighted by molar-refractivity contribution is -0.152. The van der Waals surface area contributed by atoms with E-state index in [-0.39, 0.29) is 31.4 Å². The minimum absolute atomic E-state index is 0.00729. The highest BCUT2D eigenvalue weighted by atomic mass is 16.6. The van der Waals surface area contributed by atoms with Crippen LogP contribution in [0.15, 0.2) is 48.5 Å². The Kier molecular flexibility index (Phi) is 5.93. The van der Waals surface area contributed by atoms with E-state index in [2.05, 4.69) is 0 Å². The predicted molar refractivity (Wildman–Crippen MR) is 102 cm³/mol. The third kappa shape index (κ3) is 4.31. The molecule has 3 rings (SSSR count). The van der Waals surface area contributed by atoms with Gasteiger partial charge in [0.05, 0.1) is 17.8 Å². The summed E-state index contributed by atoms with van der Waals surface area (Å²) in [5.74, 6) is 0.0299. The zero-order valence-electron chi connectivity index (χ0n) is 15.7. The zero-order valence-corrected chi connectivity index (χ0v) is 15.7. The van der Waals surface area contributed by atoms with Crippen molar-refractivity contribution in [2.45, 2.75) is 20.0 Å². The summed E-state index contributed by atoms with van der Waals surface area (Å²) in [6.07, 6.45) is -0.914. The van der Waals surface area contributed by atoms with Crippen LogP contribution in [0.4, 0.5) is 5.69 Å². The second-order valence-electron chi connectivity index (χ2n) is 6.27. The number of ketones is 1. The van der Waals surface area contributed by atoms with Crippen LogP contribution in [0, 0.1) is 0 Å². The highest BCUT2D eigenvalue weighted by Gasteiger charge is 2.33. The van der Waals surface area contributed by atoms with Crippen LogP contribution in [0.1, 0.15) is 24.2 Å². The summed E-state index contributed by atoms with van der Waals surface area (Å²) in [5.41, 5.74) is 1.10. The summed E-state index contributed by atoms with van der Waals surface area (Å²) in [7, 11) is 0. The van der Waals surface area contributed by atoms with Crippen molar-refractivity contribution in [1.82, 2.24) is 0 Å². The molecule has 2 aromatic rings. The number of ether oxygens (including phenoxy) is 3. The molecule has 1 aliphatic heterocycles. The monoisotopic (exact) mass is 383 g/mol. The number of anilines is 1. The van der Waals surface area contributed by atoms with E-state index in [0.717, 1.165) is 0 Å². The van der Waals surface area contributed by atoms with Gasteiger partial charge in [-0.15, -0.1) is 0 Å². The number of nitrogens with zero attached hydrogens (tertiary/aromatic N) is 1. The van der Waals surface area contributed by atoms with Crippen LogP contribution < -0.4 is 14.4 Å². The number of fused-ring (bicyclic) bond motifs is 1. The average molecular weight is 383 g/mol. The number of hydrogen-bond acceptors (Lipinski definition) is 6. The summed E-state index contributed by atoms with van der Waals surface area (Å²) in [6.45, 7) is 3.06. The topological polar surface area (TPSA) is 82.1 Å². The standard InChI is InChI=1S/C21H21NO6/c1-14(23)16-7-3-5-9-18(16)26-11-12-27-21(25)20-13-22(15(2)24)17-8-4-6-10-19(17)28-20/h3-10,20H,11-13H2,1-2H3. The maximum Gasteiger partial charge on any atom is 0.349 e. The number of amides is 1. The van der Waals surface area contributed by atoms with Crippen LogP contribution >= 0.6 is 0 Å². The minimum atomic E-state index is -0.914. The summed E-state index contributed by atoms with van der Waals surface area (Å²) in [5, 5.41) is 0. The van der Waals surface area contributed by atoms with E-state index in [1.54, 1.807) is 48.5 Å². The number of benzene rings is 2. The summed E-state index contributed by atoms with van der Waals surface area (Å²) >= 11 is 0. The van der Waals surface area contributed by atoms with Gasteiger partial charge in [-0.2, -0.15) is 0 Å². The Balaban J connectivity index is 1.56. The molecule has 0 aromatic heterocycles. The molecule has 1 heterocycles. The predicted octanol–water partition coefficient (Wildman–Crippen LogP) is 2.63. The van der Waals surface area contributed by atoms with Crippen molar-refractivity contribution in [2.24, 2.45) is 0 Å². The Labute approximate surface area is 162 Å². The molecule has 0 spiro atoms. The molecule has 1 atom stereocenters. The number of hydrogen-bond donors (Lipinski definition) is 0. The lowest BCUT2D eigenvalue weighted by atomic mass is 10.1. The van der Waals surface area contributed by atoms with Gasteiger partial charge in [0.2, 0.25) is 12.0 Å². The second-order valence-corrected chi connectivity index (χ2v) is 6.27. The first-order valence-electron chi connectivity index (χ1n) is 8.90. The Morgan fingerprint density at radius 1 is 1.04 bits per heavy atom. The van der Waals surface area contributed by atoms with Crippen molar-refractivity contribution in [3.05, 3.63) is 54.1 Å². The summed E-state index contributed by atoms with van der Waals surface area (Å²) < 4.78 is 16.5. The third-order valence-electron chi connectivity index (χ3n) is 4.27. The fraction of sp³-hybridized carbons (Fsp3) is 0.286. The number of carbonyl (C=O) groups is 3. The van der Waals surface area contributed by atoms with Crippen molar-refractivity contribution >= 4 is 23.3 Å². The van der Waals surface area contributed by atoms with Gasteiger partial charge in [-0.1, -0.05) is 24.3 Å². The normalized spacial score (nSPS) is 15.2. The number of esters is 1. The molecule has 0 radical (unpaired) electrons. The molecule has 0 saturated heterocycles. The molecular formula is C21H21NO6. The molecule has 2 aromatic carbocycles. The van der Waals surface area contributed by atoms with Gasteiger partial charge in [-0.3, -0.25) is 9.59 Å². The molecule has 146 valence electrons. The van der Waals surface area contributed by atoms with Crippen LogP contribution in [0.3, 0.4) is 0 Å². The van der Waals surface area contributed by atoms with Crippen LogP contribution in [-0.2, 0) is 14.3 Å². The zero-order chi connectivity index (χ0) is 20.1. The molecule has 1 unspecified atom stereocenters. The van der Waals surface area contributed by atoms with Crippen molar-refractivity contribution in [2.75, 3.05) is 24.7 Å². The van der Waals surface area contributed by atoms with Crippen LogP contribution in [0.2, 0.25) is 0 Å². The van der Waals surface area contributed by atoms with Gasteiger partial charge >= 0.3 is 5.97 Å². The molecule has 0 N–H and O–H groups in total. The maximum atomic E-state index is 12.4. The van der Waals surface area contributed by atoms with Crippen LogP contribution in [0.25, 0.3) is 0 Å². The molecule has 0 aliphatic carbocycles. The Hall–Kier alpha value is -3.35. The largest absolute Gasteiger partial charge is 0.489 e. The molecule has 1 amide bonds. The van der Waals surface area contributed by atoms with E-state index in [1.807, 2.05) is 0 Å². The lowest BCUT2D eigenvalue weighted by Gasteiger charge is -2.33. The van der Waals surface area contributed by atoms with E-state index in [1.165, 1.54) is 18.7 Å². The van der Waals surface area contributed by atoms with Gasteiger partial charge in [0.25, 0.3) is 0 Å². The van der Waals surface area contributed by atoms with Gasteiger partial charge in [-0.25, -0.2) is 4.79 Å². The van der Waals surface area contributed by atoms with Crippen molar-refractivity contribution in [3.63, 3.8) is 0 Å². The molecular weight excluding hydrogens is 362 g/mol. The molecule has 7 nitrogen and oxygen atoms in total. The maximum absolute atomic E-state index is 12.4. The second kappa shape index (κ2) is 8.56. The molecule has 0 fully saturated rings. The van der Waals surface area contributed by atoms with Gasteiger partial charge < -0.3 is 19.1 Å². The van der Waals surface area contributed by atoms with Gasteiger partial charge in [0.15, 0.2) is 5.78 Å². The van der Waals surface area contributed by atoms with Crippen molar-refractivity contribution in [1.29, 1.82) is 0 Å². The average Bonchev–Trinajstić information content (AvgIpc) is 2.70. The minimum Gasteiger partial charge on any atom is -0.489 e. The summed E-state index contributed by atoms with van der Waals surface area (Å²) in [4.78, 5) is 37.3. The third-order valence-corrected chi connectivity index (χ3v) is 4.27. The van der Waals surface area contributed by atoms with Crippen molar-refractivity contribution in [3.8, 4) is 11.5 Å². The molecule has 7 heteroatoms. The fourth-order valence-corrected chi connectivity index (χ4v) is 2.93. The Morgan fingerprint density at radius 3 is 2.50 bits per heavy atom. The summed E-state index contributed by atoms with van der Waals surface area (Å²) in [6, 6.07) is 13.9. The Morgan fingerprint density at radius 2 is 1.75 bits per heavy atom. The van der Waals surface area contributed by atoms with E-state index in [9.17, 15) is 14.4 Å². The van der Waals surface area contributed by atoms with Gasteiger partial charge in [0, 0.05) is 6.92 Å². The molecule has 0 saturated carbocycles. The van der Waals surface area contributed by atoms with E-state index in [0.29, 0.717) is 22.7 Å². The van der Waals surface area contributed by atoms with E-state index >= 15 is 0 Å². The fourth-order valence-electron chi connectivity index (χ4n) is 2.93. The number of Topliss-reactive ketones (excluding diaryl/α,β-unsaturated/α-hetero) is 1. The number of carbonyl (C=O) groups excluding carboxylic acids is 3. The number of rotatable bonds is 6. The lowest BCUT2D eigenvalue weighted by Crippen LogP contribution is -2.47. The van der Waals surface area contributed by atoms with E-state index < -0.39 is 12.1 Å². The first-order chi connectivity index (χ1) is 13.5. The smallest absolute Gasteiger partial charge is 0.349 e. The SMILES string of the molecule is CC(=O)c1ccccc1OCCOC(=O)C1CN(C(C)=O)c2ccccc2O1. The van der Waals surface area contributed by atoms with Crippen LogP contribution in [-0.4, -0.2) is 43.5 Å². The highest BCUT2D eigenvalue weighted by molar-refractivity contribution is 5.97. The first-order valence-corrected chi connectivity index (χ1v) is 8.90. The van der Waals surface area contributed by atoms with Crippen molar-refractivity contribution < 1.29 is 28.6 Å². The number of para-hydroxylation sites is 3. The molecule has 28 heavy (non-hydrogen) atoms. The highest BCUT2D eigenvalue weighted by Crippen LogP contribution is 2.33. The first kappa shape index (κ1) is 19.4.